The normalized spacial score (nSPS) is 37.9. The molecule has 1 amide bonds. The first-order valence-corrected chi connectivity index (χ1v) is 13.3. The maximum absolute atomic E-state index is 13.4. The van der Waals surface area contributed by atoms with Crippen LogP contribution in [0.3, 0.4) is 0 Å². The van der Waals surface area contributed by atoms with Crippen molar-refractivity contribution in [3.05, 3.63) is 12.2 Å². The molecule has 0 aliphatic carbocycles. The molecule has 3 aliphatic heterocycles. The van der Waals surface area contributed by atoms with Crippen molar-refractivity contribution in [3.63, 3.8) is 0 Å². The van der Waals surface area contributed by atoms with E-state index in [-0.39, 0.29) is 31.8 Å². The van der Waals surface area contributed by atoms with Crippen LogP contribution in [-0.2, 0) is 47.5 Å². The molecule has 0 spiro atoms. The number of rotatable bonds is 10. The van der Waals surface area contributed by atoms with Gasteiger partial charge < -0.3 is 48.3 Å². The average molecular weight is 560 g/mol. The summed E-state index contributed by atoms with van der Waals surface area (Å²) in [5, 5.41) is 13.9. The summed E-state index contributed by atoms with van der Waals surface area (Å²) in [6.45, 7) is 13.2. The zero-order valence-electron chi connectivity index (χ0n) is 24.3. The number of carbonyl (C=O) groups excluding carboxylic acids is 2. The van der Waals surface area contributed by atoms with Gasteiger partial charge in [-0.05, 0) is 6.92 Å². The SMILES string of the molecule is C=C1C[C@](OC)([C@H](O)C(=O)N[C@H]2OCO[C@H]3[C@@H]2O[C@H](C[C@H](COC(C)=O)OC)C(C)(C)[C@@H]3OC)O[C@H](C)[C@@H]1C. The van der Waals surface area contributed by atoms with Crippen LogP contribution in [0.2, 0.25) is 0 Å². The van der Waals surface area contributed by atoms with Gasteiger partial charge in [0.15, 0.2) is 12.3 Å². The summed E-state index contributed by atoms with van der Waals surface area (Å²) in [4.78, 5) is 24.7. The van der Waals surface area contributed by atoms with Crippen molar-refractivity contribution < 1.29 is 52.6 Å². The monoisotopic (exact) mass is 559 g/mol. The lowest BCUT2D eigenvalue weighted by molar-refractivity contribution is -0.333. The van der Waals surface area contributed by atoms with E-state index in [1.165, 1.54) is 21.1 Å². The molecule has 3 fully saturated rings. The molecular formula is C27H45NO11. The fourth-order valence-electron chi connectivity index (χ4n) is 5.62. The maximum atomic E-state index is 13.4. The van der Waals surface area contributed by atoms with Crippen LogP contribution in [0, 0.1) is 11.3 Å². The van der Waals surface area contributed by atoms with Crippen molar-refractivity contribution in [3.8, 4) is 0 Å². The zero-order chi connectivity index (χ0) is 29.1. The van der Waals surface area contributed by atoms with Gasteiger partial charge in [0.25, 0.3) is 5.91 Å². The van der Waals surface area contributed by atoms with Crippen LogP contribution in [0.15, 0.2) is 12.2 Å². The predicted molar refractivity (Wildman–Crippen MR) is 137 cm³/mol. The molecule has 12 heteroatoms. The van der Waals surface area contributed by atoms with E-state index in [4.69, 9.17) is 37.9 Å². The summed E-state index contributed by atoms with van der Waals surface area (Å²) >= 11 is 0. The molecule has 0 bridgehead atoms. The van der Waals surface area contributed by atoms with E-state index >= 15 is 0 Å². The first-order chi connectivity index (χ1) is 18.3. The van der Waals surface area contributed by atoms with Gasteiger partial charge in [0.1, 0.15) is 25.6 Å². The number of aliphatic hydroxyl groups is 1. The minimum Gasteiger partial charge on any atom is -0.463 e. The van der Waals surface area contributed by atoms with Gasteiger partial charge in [-0.15, -0.1) is 0 Å². The van der Waals surface area contributed by atoms with Crippen LogP contribution >= 0.6 is 0 Å². The number of esters is 1. The van der Waals surface area contributed by atoms with Crippen molar-refractivity contribution in [2.75, 3.05) is 34.7 Å². The third-order valence-corrected chi connectivity index (χ3v) is 8.35. The molecule has 0 aromatic heterocycles. The van der Waals surface area contributed by atoms with Crippen molar-refractivity contribution in [2.45, 2.75) is 102 Å². The summed E-state index contributed by atoms with van der Waals surface area (Å²) in [7, 11) is 4.51. The number of nitrogens with one attached hydrogen (secondary N) is 1. The van der Waals surface area contributed by atoms with Crippen LogP contribution in [0.5, 0.6) is 0 Å². The Bertz CT molecular complexity index is 882. The molecule has 3 heterocycles. The van der Waals surface area contributed by atoms with E-state index < -0.39 is 65.9 Å². The van der Waals surface area contributed by atoms with Gasteiger partial charge in [0, 0.05) is 52.4 Å². The second-order valence-electron chi connectivity index (χ2n) is 11.2. The van der Waals surface area contributed by atoms with Crippen molar-refractivity contribution >= 4 is 11.9 Å². The van der Waals surface area contributed by atoms with Crippen LogP contribution < -0.4 is 5.32 Å². The van der Waals surface area contributed by atoms with Crippen molar-refractivity contribution in [2.24, 2.45) is 11.3 Å². The van der Waals surface area contributed by atoms with Crippen molar-refractivity contribution in [1.82, 2.24) is 5.32 Å². The Kier molecular flexibility index (Phi) is 10.5. The Morgan fingerprint density at radius 2 is 1.87 bits per heavy atom. The molecule has 0 unspecified atom stereocenters. The third-order valence-electron chi connectivity index (χ3n) is 8.35. The van der Waals surface area contributed by atoms with E-state index in [9.17, 15) is 14.7 Å². The second kappa shape index (κ2) is 12.9. The van der Waals surface area contributed by atoms with E-state index in [0.29, 0.717) is 6.42 Å². The summed E-state index contributed by atoms with van der Waals surface area (Å²) in [5.41, 5.74) is 0.271. The van der Waals surface area contributed by atoms with Gasteiger partial charge in [-0.25, -0.2) is 0 Å². The summed E-state index contributed by atoms with van der Waals surface area (Å²) < 4.78 is 46.3. The minimum absolute atomic E-state index is 0.0433. The molecule has 3 saturated heterocycles. The lowest BCUT2D eigenvalue weighted by Crippen LogP contribution is -2.69. The van der Waals surface area contributed by atoms with Crippen LogP contribution in [0.25, 0.3) is 0 Å². The molecule has 224 valence electrons. The van der Waals surface area contributed by atoms with Crippen LogP contribution in [0.1, 0.15) is 47.5 Å². The Labute approximate surface area is 230 Å². The molecule has 3 aliphatic rings. The standard InChI is InChI=1S/C27H45NO11/c1-14-11-27(34-9,39-16(3)15(14)2)22(30)24(31)28-25-21-20(36-13-37-25)23(33-8)26(5,6)19(38-21)10-18(32-7)12-35-17(4)29/h15-16,18-23,25,30H,1,10-13H2,2-9H3,(H,28,31)/t15-,16-,18-,19-,20+,21+,22-,23-,25+,27-/m1/s1. The van der Waals surface area contributed by atoms with Crippen LogP contribution in [0.4, 0.5) is 0 Å². The molecule has 0 aromatic carbocycles. The lowest BCUT2D eigenvalue weighted by Gasteiger charge is -2.54. The van der Waals surface area contributed by atoms with Gasteiger partial charge in [0.05, 0.1) is 24.4 Å². The highest BCUT2D eigenvalue weighted by Crippen LogP contribution is 2.44. The quantitative estimate of drug-likeness (QED) is 0.295. The summed E-state index contributed by atoms with van der Waals surface area (Å²) in [6, 6.07) is 0. The van der Waals surface area contributed by atoms with E-state index in [2.05, 4.69) is 11.9 Å². The van der Waals surface area contributed by atoms with Gasteiger partial charge in [-0.1, -0.05) is 32.9 Å². The number of fused-ring (bicyclic) bond motifs is 1. The molecule has 3 rings (SSSR count). The average Bonchev–Trinajstić information content (AvgIpc) is 2.89. The highest BCUT2D eigenvalue weighted by molar-refractivity contribution is 5.82. The Hall–Kier alpha value is -1.64. The Morgan fingerprint density at radius 3 is 2.44 bits per heavy atom. The van der Waals surface area contributed by atoms with E-state index in [0.717, 1.165) is 5.57 Å². The summed E-state index contributed by atoms with van der Waals surface area (Å²) in [6.07, 6.45) is -5.08. The molecule has 39 heavy (non-hydrogen) atoms. The number of carbonyl (C=O) groups is 2. The van der Waals surface area contributed by atoms with E-state index in [1.807, 2.05) is 27.7 Å². The topological polar surface area (TPSA) is 140 Å². The van der Waals surface area contributed by atoms with Gasteiger partial charge in [-0.3, -0.25) is 9.59 Å². The number of hydrogen-bond donors (Lipinski definition) is 2. The predicted octanol–water partition coefficient (Wildman–Crippen LogP) is 1.28. The molecular weight excluding hydrogens is 514 g/mol. The number of hydrogen-bond acceptors (Lipinski definition) is 11. The zero-order valence-corrected chi connectivity index (χ0v) is 24.3. The highest BCUT2D eigenvalue weighted by Gasteiger charge is 2.57. The summed E-state index contributed by atoms with van der Waals surface area (Å²) in [5.74, 6) is -2.70. The number of methoxy groups -OCH3 is 3. The molecule has 2 N–H and O–H groups in total. The van der Waals surface area contributed by atoms with Crippen molar-refractivity contribution in [1.29, 1.82) is 0 Å². The minimum atomic E-state index is -1.67. The number of amides is 1. The van der Waals surface area contributed by atoms with Gasteiger partial charge >= 0.3 is 5.97 Å². The molecule has 0 aromatic rings. The first-order valence-electron chi connectivity index (χ1n) is 13.3. The Morgan fingerprint density at radius 1 is 1.18 bits per heavy atom. The fraction of sp³-hybridized carbons (Fsp3) is 0.852. The Balaban J connectivity index is 1.79. The molecule has 12 nitrogen and oxygen atoms in total. The van der Waals surface area contributed by atoms with E-state index in [1.54, 1.807) is 7.11 Å². The molecule has 0 saturated carbocycles. The highest BCUT2D eigenvalue weighted by atomic mass is 16.7. The first kappa shape index (κ1) is 31.9. The molecule has 0 radical (unpaired) electrons. The number of ether oxygens (including phenoxy) is 8. The molecule has 10 atom stereocenters. The van der Waals surface area contributed by atoms with Gasteiger partial charge in [0.2, 0.25) is 5.79 Å². The number of aliphatic hydroxyl groups excluding tert-OH is 1. The lowest BCUT2D eigenvalue weighted by atomic mass is 9.72. The maximum Gasteiger partial charge on any atom is 0.302 e. The van der Waals surface area contributed by atoms with Gasteiger partial charge in [-0.2, -0.15) is 0 Å². The fourth-order valence-corrected chi connectivity index (χ4v) is 5.62. The largest absolute Gasteiger partial charge is 0.463 e. The second-order valence-corrected chi connectivity index (χ2v) is 11.2. The smallest absolute Gasteiger partial charge is 0.302 e. The van der Waals surface area contributed by atoms with Crippen LogP contribution in [-0.4, -0.2) is 106 Å². The third kappa shape index (κ3) is 6.65.